The summed E-state index contributed by atoms with van der Waals surface area (Å²) in [4.78, 5) is 28.9. The van der Waals surface area contributed by atoms with Gasteiger partial charge in [0.1, 0.15) is 0 Å². The van der Waals surface area contributed by atoms with Crippen LogP contribution < -0.4 is 5.32 Å². The highest BCUT2D eigenvalue weighted by molar-refractivity contribution is 5.82. The van der Waals surface area contributed by atoms with Crippen LogP contribution in [0.4, 0.5) is 0 Å². The molecule has 136 valence electrons. The van der Waals surface area contributed by atoms with Gasteiger partial charge in [0.2, 0.25) is 11.8 Å². The standard InChI is InChI=1S/C19H33N3O2/c23-18(20-10-5-13-21-11-3-1-2-4-12-21)16-8-14-22(15-9-16)19(24)17-6-7-17/h16-17H,1-15H2,(H,20,23). The van der Waals surface area contributed by atoms with Gasteiger partial charge in [0.05, 0.1) is 0 Å². The average molecular weight is 335 g/mol. The first-order chi connectivity index (χ1) is 11.7. The van der Waals surface area contributed by atoms with Crippen molar-refractivity contribution < 1.29 is 9.59 Å². The Balaban J connectivity index is 1.27. The van der Waals surface area contributed by atoms with Gasteiger partial charge in [0.15, 0.2) is 0 Å². The number of rotatable bonds is 6. The maximum atomic E-state index is 12.3. The fourth-order valence-electron chi connectivity index (χ4n) is 3.97. The summed E-state index contributed by atoms with van der Waals surface area (Å²) >= 11 is 0. The van der Waals surface area contributed by atoms with E-state index in [0.29, 0.717) is 11.8 Å². The molecule has 0 aromatic heterocycles. The highest BCUT2D eigenvalue weighted by Gasteiger charge is 2.35. The lowest BCUT2D eigenvalue weighted by atomic mass is 9.95. The lowest BCUT2D eigenvalue weighted by Gasteiger charge is -2.31. The van der Waals surface area contributed by atoms with Gasteiger partial charge >= 0.3 is 0 Å². The molecule has 3 aliphatic rings. The van der Waals surface area contributed by atoms with E-state index in [1.807, 2.05) is 4.90 Å². The van der Waals surface area contributed by atoms with Gasteiger partial charge < -0.3 is 15.1 Å². The first-order valence-electron chi connectivity index (χ1n) is 10.0. The molecule has 0 radical (unpaired) electrons. The van der Waals surface area contributed by atoms with E-state index in [-0.39, 0.29) is 11.8 Å². The van der Waals surface area contributed by atoms with E-state index >= 15 is 0 Å². The zero-order valence-corrected chi connectivity index (χ0v) is 15.0. The van der Waals surface area contributed by atoms with Crippen molar-refractivity contribution in [1.29, 1.82) is 0 Å². The van der Waals surface area contributed by atoms with E-state index in [4.69, 9.17) is 0 Å². The molecule has 0 unspecified atom stereocenters. The summed E-state index contributed by atoms with van der Waals surface area (Å²) in [6.07, 6.45) is 10.2. The minimum Gasteiger partial charge on any atom is -0.356 e. The molecular formula is C19H33N3O2. The number of piperidine rings is 1. The number of likely N-dealkylation sites (tertiary alicyclic amines) is 2. The Labute approximate surface area is 146 Å². The van der Waals surface area contributed by atoms with Crippen LogP contribution in [-0.4, -0.2) is 60.9 Å². The molecule has 3 rings (SSSR count). The summed E-state index contributed by atoms with van der Waals surface area (Å²) in [5.41, 5.74) is 0. The first kappa shape index (κ1) is 17.7. The van der Waals surface area contributed by atoms with Crippen molar-refractivity contribution in [3.63, 3.8) is 0 Å². The maximum Gasteiger partial charge on any atom is 0.225 e. The van der Waals surface area contributed by atoms with E-state index in [1.54, 1.807) is 0 Å². The molecule has 1 N–H and O–H groups in total. The molecule has 0 atom stereocenters. The molecule has 0 spiro atoms. The Morgan fingerprint density at radius 3 is 2.12 bits per heavy atom. The highest BCUT2D eigenvalue weighted by Crippen LogP contribution is 2.32. The van der Waals surface area contributed by atoms with Gasteiger partial charge in [-0.25, -0.2) is 0 Å². The summed E-state index contributed by atoms with van der Waals surface area (Å²) in [5, 5.41) is 3.12. The minimum absolute atomic E-state index is 0.103. The fourth-order valence-corrected chi connectivity index (χ4v) is 3.97. The van der Waals surface area contributed by atoms with Gasteiger partial charge in [-0.1, -0.05) is 12.8 Å². The summed E-state index contributed by atoms with van der Waals surface area (Å²) in [6, 6.07) is 0. The molecule has 5 heteroatoms. The van der Waals surface area contributed by atoms with Crippen LogP contribution in [0.1, 0.15) is 57.8 Å². The number of carbonyl (C=O) groups excluding carboxylic acids is 2. The lowest BCUT2D eigenvalue weighted by Crippen LogP contribution is -2.43. The molecule has 3 fully saturated rings. The third-order valence-corrected chi connectivity index (χ3v) is 5.75. The molecule has 0 aromatic carbocycles. The second-order valence-corrected chi connectivity index (χ2v) is 7.77. The number of hydrogen-bond donors (Lipinski definition) is 1. The maximum absolute atomic E-state index is 12.3. The van der Waals surface area contributed by atoms with Crippen molar-refractivity contribution in [3.8, 4) is 0 Å². The smallest absolute Gasteiger partial charge is 0.225 e. The van der Waals surface area contributed by atoms with E-state index in [2.05, 4.69) is 10.2 Å². The predicted octanol–water partition coefficient (Wildman–Crippen LogP) is 2.02. The van der Waals surface area contributed by atoms with Crippen molar-refractivity contribution in [2.75, 3.05) is 39.3 Å². The van der Waals surface area contributed by atoms with Gasteiger partial charge in [0.25, 0.3) is 0 Å². The lowest BCUT2D eigenvalue weighted by molar-refractivity contribution is -0.136. The van der Waals surface area contributed by atoms with Gasteiger partial charge in [-0.2, -0.15) is 0 Å². The van der Waals surface area contributed by atoms with Crippen LogP contribution >= 0.6 is 0 Å². The Hall–Kier alpha value is -1.10. The molecule has 2 saturated heterocycles. The topological polar surface area (TPSA) is 52.7 Å². The number of carbonyl (C=O) groups is 2. The number of nitrogens with one attached hydrogen (secondary N) is 1. The average Bonchev–Trinajstić information content (AvgIpc) is 3.45. The van der Waals surface area contributed by atoms with E-state index in [1.165, 1.54) is 38.8 Å². The van der Waals surface area contributed by atoms with Crippen LogP contribution in [-0.2, 0) is 9.59 Å². The van der Waals surface area contributed by atoms with Crippen LogP contribution in [0.3, 0.4) is 0 Å². The largest absolute Gasteiger partial charge is 0.356 e. The Morgan fingerprint density at radius 1 is 0.833 bits per heavy atom. The quantitative estimate of drug-likeness (QED) is 0.756. The van der Waals surface area contributed by atoms with Crippen LogP contribution in [0.15, 0.2) is 0 Å². The zero-order chi connectivity index (χ0) is 16.8. The molecule has 1 saturated carbocycles. The summed E-state index contributed by atoms with van der Waals surface area (Å²) in [5.74, 6) is 0.927. The zero-order valence-electron chi connectivity index (χ0n) is 15.0. The minimum atomic E-state index is 0.103. The van der Waals surface area contributed by atoms with E-state index < -0.39 is 0 Å². The van der Waals surface area contributed by atoms with Crippen molar-refractivity contribution in [2.45, 2.75) is 57.8 Å². The molecule has 1 aliphatic carbocycles. The Bertz CT molecular complexity index is 420. The number of nitrogens with zero attached hydrogens (tertiary/aromatic N) is 2. The van der Waals surface area contributed by atoms with E-state index in [0.717, 1.165) is 58.3 Å². The van der Waals surface area contributed by atoms with Crippen molar-refractivity contribution in [1.82, 2.24) is 15.1 Å². The first-order valence-corrected chi connectivity index (χ1v) is 10.0. The SMILES string of the molecule is O=C(NCCCN1CCCCCC1)C1CCN(C(=O)C2CC2)CC1. The molecule has 0 aromatic rings. The third kappa shape index (κ3) is 5.20. The molecule has 0 bridgehead atoms. The van der Waals surface area contributed by atoms with E-state index in [9.17, 15) is 9.59 Å². The van der Waals surface area contributed by atoms with Gasteiger partial charge in [-0.3, -0.25) is 9.59 Å². The second-order valence-electron chi connectivity index (χ2n) is 7.77. The number of amides is 2. The van der Waals surface area contributed by atoms with Gasteiger partial charge in [-0.05, 0) is 64.6 Å². The third-order valence-electron chi connectivity index (χ3n) is 5.75. The highest BCUT2D eigenvalue weighted by atomic mass is 16.2. The van der Waals surface area contributed by atoms with Crippen molar-refractivity contribution in [3.05, 3.63) is 0 Å². The fraction of sp³-hybridized carbons (Fsp3) is 0.895. The Morgan fingerprint density at radius 2 is 1.50 bits per heavy atom. The monoisotopic (exact) mass is 335 g/mol. The number of hydrogen-bond acceptors (Lipinski definition) is 3. The Kier molecular flexibility index (Phi) is 6.52. The molecule has 2 aliphatic heterocycles. The summed E-state index contributed by atoms with van der Waals surface area (Å²) < 4.78 is 0. The predicted molar refractivity (Wildman–Crippen MR) is 94.6 cm³/mol. The normalized spacial score (nSPS) is 23.8. The summed E-state index contributed by atoms with van der Waals surface area (Å²) in [6.45, 7) is 5.87. The summed E-state index contributed by atoms with van der Waals surface area (Å²) in [7, 11) is 0. The van der Waals surface area contributed by atoms with Crippen LogP contribution in [0.2, 0.25) is 0 Å². The van der Waals surface area contributed by atoms with Crippen LogP contribution in [0.25, 0.3) is 0 Å². The van der Waals surface area contributed by atoms with Crippen LogP contribution in [0, 0.1) is 11.8 Å². The second kappa shape index (κ2) is 8.84. The van der Waals surface area contributed by atoms with Gasteiger partial charge in [0, 0.05) is 31.5 Å². The molecule has 2 amide bonds. The van der Waals surface area contributed by atoms with Crippen molar-refractivity contribution >= 4 is 11.8 Å². The molecule has 5 nitrogen and oxygen atoms in total. The molecular weight excluding hydrogens is 302 g/mol. The molecule has 2 heterocycles. The van der Waals surface area contributed by atoms with Crippen LogP contribution in [0.5, 0.6) is 0 Å². The van der Waals surface area contributed by atoms with Crippen molar-refractivity contribution in [2.24, 2.45) is 11.8 Å². The van der Waals surface area contributed by atoms with Gasteiger partial charge in [-0.15, -0.1) is 0 Å². The molecule has 24 heavy (non-hydrogen) atoms.